The lowest BCUT2D eigenvalue weighted by Gasteiger charge is -2.23. The third-order valence-electron chi connectivity index (χ3n) is 6.46. The van der Waals surface area contributed by atoms with Crippen molar-refractivity contribution in [3.05, 3.63) is 125 Å². The second kappa shape index (κ2) is 12.7. The molecule has 5 rings (SSSR count). The molecule has 0 spiro atoms. The third-order valence-corrected chi connectivity index (χ3v) is 7.45. The van der Waals surface area contributed by atoms with Crippen molar-refractivity contribution in [2.45, 2.75) is 31.5 Å². The summed E-state index contributed by atoms with van der Waals surface area (Å²) in [7, 11) is 0. The number of carbonyl (C=O) groups is 1. The lowest BCUT2D eigenvalue weighted by molar-refractivity contribution is 0.0951. The molecule has 4 aromatic carbocycles. The number of hydrogen-bond acceptors (Lipinski definition) is 5. The molecule has 4 aromatic rings. The molecular formula is C32H32N2O3S. The van der Waals surface area contributed by atoms with E-state index < -0.39 is 0 Å². The molecule has 1 amide bonds. The van der Waals surface area contributed by atoms with E-state index in [1.165, 1.54) is 16.0 Å². The molecule has 0 bridgehead atoms. The van der Waals surface area contributed by atoms with E-state index in [4.69, 9.17) is 9.47 Å². The minimum Gasteiger partial charge on any atom is -0.454 e. The second-order valence-corrected chi connectivity index (χ2v) is 10.6. The maximum Gasteiger partial charge on any atom is 0.251 e. The molecular weight excluding hydrogens is 492 g/mol. The van der Waals surface area contributed by atoms with Crippen LogP contribution < -0.4 is 14.8 Å². The van der Waals surface area contributed by atoms with Crippen molar-refractivity contribution in [3.8, 4) is 11.5 Å². The molecule has 194 valence electrons. The van der Waals surface area contributed by atoms with Gasteiger partial charge in [-0.2, -0.15) is 0 Å². The normalized spacial score (nSPS) is 12.1. The van der Waals surface area contributed by atoms with E-state index in [0.29, 0.717) is 12.1 Å². The fraction of sp³-hybridized carbons (Fsp3) is 0.219. The number of aryl methyl sites for hydroxylation is 1. The van der Waals surface area contributed by atoms with Crippen LogP contribution in [-0.2, 0) is 19.6 Å². The Bertz CT molecular complexity index is 1340. The molecule has 1 N–H and O–H groups in total. The number of rotatable bonds is 11. The summed E-state index contributed by atoms with van der Waals surface area (Å²) in [6.45, 7) is 5.40. The molecule has 0 radical (unpaired) electrons. The summed E-state index contributed by atoms with van der Waals surface area (Å²) in [5, 5.41) is 3.02. The van der Waals surface area contributed by atoms with Gasteiger partial charge in [-0.15, -0.1) is 11.8 Å². The van der Waals surface area contributed by atoms with Gasteiger partial charge >= 0.3 is 0 Å². The number of ether oxygens (including phenoxy) is 2. The Hall–Kier alpha value is -3.74. The highest BCUT2D eigenvalue weighted by molar-refractivity contribution is 7.99. The van der Waals surface area contributed by atoms with Crippen LogP contribution in [0.4, 0.5) is 0 Å². The molecule has 38 heavy (non-hydrogen) atoms. The maximum atomic E-state index is 12.5. The number of carbonyl (C=O) groups excluding carboxylic acids is 1. The molecule has 0 saturated carbocycles. The van der Waals surface area contributed by atoms with Crippen LogP contribution in [0.15, 0.2) is 102 Å². The number of nitrogens with zero attached hydrogens (tertiary/aromatic N) is 1. The third kappa shape index (κ3) is 7.18. The van der Waals surface area contributed by atoms with Gasteiger partial charge < -0.3 is 14.8 Å². The summed E-state index contributed by atoms with van der Waals surface area (Å²) < 4.78 is 11.1. The molecule has 0 fully saturated rings. The lowest BCUT2D eigenvalue weighted by Crippen LogP contribution is -2.25. The Morgan fingerprint density at radius 1 is 0.816 bits per heavy atom. The quantitative estimate of drug-likeness (QED) is 0.229. The van der Waals surface area contributed by atoms with Crippen LogP contribution in [0.25, 0.3) is 0 Å². The van der Waals surface area contributed by atoms with Crippen LogP contribution in [0.2, 0.25) is 0 Å². The van der Waals surface area contributed by atoms with Crippen molar-refractivity contribution >= 4 is 17.7 Å². The van der Waals surface area contributed by atoms with Crippen molar-refractivity contribution in [2.24, 2.45) is 0 Å². The predicted octanol–water partition coefficient (Wildman–Crippen LogP) is 6.45. The fourth-order valence-corrected chi connectivity index (χ4v) is 5.27. The largest absolute Gasteiger partial charge is 0.454 e. The number of thioether (sulfide) groups is 1. The first kappa shape index (κ1) is 25.9. The topological polar surface area (TPSA) is 50.8 Å². The van der Waals surface area contributed by atoms with Crippen molar-refractivity contribution in [3.63, 3.8) is 0 Å². The zero-order valence-corrected chi connectivity index (χ0v) is 22.4. The molecule has 0 atom stereocenters. The average Bonchev–Trinajstić information content (AvgIpc) is 3.41. The van der Waals surface area contributed by atoms with Gasteiger partial charge in [0.05, 0.1) is 0 Å². The van der Waals surface area contributed by atoms with E-state index in [9.17, 15) is 4.79 Å². The lowest BCUT2D eigenvalue weighted by atomic mass is 10.1. The highest BCUT2D eigenvalue weighted by Crippen LogP contribution is 2.33. The number of fused-ring (bicyclic) bond motifs is 1. The highest BCUT2D eigenvalue weighted by atomic mass is 32.2. The number of hydrogen-bond donors (Lipinski definition) is 1. The minimum atomic E-state index is -0.0557. The number of nitrogens with one attached hydrogen (secondary N) is 1. The molecule has 0 aliphatic carbocycles. The van der Waals surface area contributed by atoms with E-state index in [2.05, 4.69) is 70.9 Å². The highest BCUT2D eigenvalue weighted by Gasteiger charge is 2.15. The van der Waals surface area contributed by atoms with Gasteiger partial charge in [-0.05, 0) is 60.0 Å². The monoisotopic (exact) mass is 524 g/mol. The van der Waals surface area contributed by atoms with Crippen molar-refractivity contribution in [1.29, 1.82) is 0 Å². The number of benzene rings is 4. The van der Waals surface area contributed by atoms with Crippen LogP contribution in [-0.4, -0.2) is 29.9 Å². The van der Waals surface area contributed by atoms with Gasteiger partial charge in [0, 0.05) is 42.4 Å². The maximum absolute atomic E-state index is 12.5. The van der Waals surface area contributed by atoms with E-state index in [-0.39, 0.29) is 12.7 Å². The smallest absolute Gasteiger partial charge is 0.251 e. The molecule has 5 nitrogen and oxygen atoms in total. The molecule has 0 aromatic heterocycles. The van der Waals surface area contributed by atoms with Crippen molar-refractivity contribution in [1.82, 2.24) is 10.2 Å². The Morgan fingerprint density at radius 2 is 1.50 bits per heavy atom. The molecule has 1 aliphatic rings. The van der Waals surface area contributed by atoms with E-state index in [0.717, 1.165) is 48.0 Å². The van der Waals surface area contributed by atoms with Crippen LogP contribution in [0.3, 0.4) is 0 Å². The summed E-state index contributed by atoms with van der Waals surface area (Å²) in [4.78, 5) is 16.2. The summed E-state index contributed by atoms with van der Waals surface area (Å²) in [5.74, 6) is 2.57. The van der Waals surface area contributed by atoms with Gasteiger partial charge in [0.15, 0.2) is 11.5 Å². The van der Waals surface area contributed by atoms with Gasteiger partial charge in [0.2, 0.25) is 6.79 Å². The number of amides is 1. The second-order valence-electron chi connectivity index (χ2n) is 9.42. The van der Waals surface area contributed by atoms with Gasteiger partial charge in [0.1, 0.15) is 0 Å². The Kier molecular flexibility index (Phi) is 8.64. The van der Waals surface area contributed by atoms with Gasteiger partial charge in [-0.1, -0.05) is 66.2 Å². The minimum absolute atomic E-state index is 0.0557. The van der Waals surface area contributed by atoms with Crippen molar-refractivity contribution in [2.75, 3.05) is 19.1 Å². The summed E-state index contributed by atoms with van der Waals surface area (Å²) in [6.07, 6.45) is 0. The average molecular weight is 525 g/mol. The molecule has 0 unspecified atom stereocenters. The van der Waals surface area contributed by atoms with Crippen molar-refractivity contribution < 1.29 is 14.3 Å². The Balaban J connectivity index is 1.20. The van der Waals surface area contributed by atoms with Crippen LogP contribution >= 0.6 is 11.8 Å². The zero-order valence-electron chi connectivity index (χ0n) is 21.6. The standard InChI is InChI=1S/C32H32N2O3S/c1-24-7-14-28(15-8-24)32(35)33-20-25-9-11-26(12-10-25)21-34(17-18-38-29-5-3-2-4-6-29)22-27-13-16-30-31(19-27)37-23-36-30/h2-16,19H,17-18,20-23H2,1H3,(H,33,35). The summed E-state index contributed by atoms with van der Waals surface area (Å²) in [6, 6.07) is 32.9. The predicted molar refractivity (Wildman–Crippen MR) is 153 cm³/mol. The first-order valence-electron chi connectivity index (χ1n) is 12.8. The molecule has 1 heterocycles. The van der Waals surface area contributed by atoms with Crippen LogP contribution in [0, 0.1) is 6.92 Å². The first-order valence-corrected chi connectivity index (χ1v) is 13.8. The van der Waals surface area contributed by atoms with Gasteiger partial charge in [0.25, 0.3) is 5.91 Å². The zero-order chi connectivity index (χ0) is 26.2. The van der Waals surface area contributed by atoms with E-state index in [1.807, 2.05) is 55.1 Å². The Labute approximate surface area is 228 Å². The fourth-order valence-electron chi connectivity index (χ4n) is 4.33. The van der Waals surface area contributed by atoms with Gasteiger partial charge in [-0.3, -0.25) is 9.69 Å². The summed E-state index contributed by atoms with van der Waals surface area (Å²) in [5.41, 5.74) is 5.35. The summed E-state index contributed by atoms with van der Waals surface area (Å²) >= 11 is 1.87. The van der Waals surface area contributed by atoms with E-state index in [1.54, 1.807) is 0 Å². The van der Waals surface area contributed by atoms with Gasteiger partial charge in [-0.25, -0.2) is 0 Å². The Morgan fingerprint density at radius 3 is 2.29 bits per heavy atom. The molecule has 1 aliphatic heterocycles. The SMILES string of the molecule is Cc1ccc(C(=O)NCc2ccc(CN(CCSc3ccccc3)Cc3ccc4c(c3)OCO4)cc2)cc1. The molecule has 6 heteroatoms. The van der Waals surface area contributed by atoms with Crippen LogP contribution in [0.1, 0.15) is 32.6 Å². The first-order chi connectivity index (χ1) is 18.6. The van der Waals surface area contributed by atoms with E-state index >= 15 is 0 Å². The van der Waals surface area contributed by atoms with Crippen LogP contribution in [0.5, 0.6) is 11.5 Å². The molecule has 0 saturated heterocycles.